The second-order valence-corrected chi connectivity index (χ2v) is 7.56. The Morgan fingerprint density at radius 3 is 2.22 bits per heavy atom. The summed E-state index contributed by atoms with van der Waals surface area (Å²) in [7, 11) is 6.31. The summed E-state index contributed by atoms with van der Waals surface area (Å²) >= 11 is 0. The van der Waals surface area contributed by atoms with Gasteiger partial charge >= 0.3 is 0 Å². The SMILES string of the molecule is CCc1noc(C)c1C(=O)N(C)C1C[C@H]2CC(N(C)C)C[C@H]2C1. The van der Waals surface area contributed by atoms with E-state index >= 15 is 0 Å². The Morgan fingerprint density at radius 1 is 1.13 bits per heavy atom. The molecule has 0 bridgehead atoms. The number of aryl methyl sites for hydroxylation is 2. The van der Waals surface area contributed by atoms with Crippen LogP contribution in [0.2, 0.25) is 0 Å². The minimum atomic E-state index is 0.0785. The highest BCUT2D eigenvalue weighted by Crippen LogP contribution is 2.46. The molecular weight excluding hydrogens is 290 g/mol. The smallest absolute Gasteiger partial charge is 0.259 e. The summed E-state index contributed by atoms with van der Waals surface area (Å²) in [6, 6.07) is 1.08. The summed E-state index contributed by atoms with van der Waals surface area (Å²) < 4.78 is 5.23. The molecule has 0 aromatic carbocycles. The third-order valence-electron chi connectivity index (χ3n) is 6.05. The molecule has 1 amide bonds. The van der Waals surface area contributed by atoms with Crippen LogP contribution in [0, 0.1) is 18.8 Å². The van der Waals surface area contributed by atoms with E-state index in [4.69, 9.17) is 4.52 Å². The lowest BCUT2D eigenvalue weighted by Gasteiger charge is -2.27. The van der Waals surface area contributed by atoms with Gasteiger partial charge in [0, 0.05) is 19.1 Å². The third kappa shape index (κ3) is 2.91. The molecule has 0 radical (unpaired) electrons. The topological polar surface area (TPSA) is 49.6 Å². The normalized spacial score (nSPS) is 30.0. The predicted molar refractivity (Wildman–Crippen MR) is 89.4 cm³/mol. The first-order chi connectivity index (χ1) is 10.9. The van der Waals surface area contributed by atoms with Crippen molar-refractivity contribution in [2.24, 2.45) is 11.8 Å². The molecule has 0 aliphatic heterocycles. The average Bonchev–Trinajstić information content (AvgIpc) is 3.17. The van der Waals surface area contributed by atoms with Crippen LogP contribution in [0.4, 0.5) is 0 Å². The van der Waals surface area contributed by atoms with Crippen molar-refractivity contribution in [3.63, 3.8) is 0 Å². The van der Waals surface area contributed by atoms with Gasteiger partial charge < -0.3 is 14.3 Å². The maximum absolute atomic E-state index is 12.9. The second-order valence-electron chi connectivity index (χ2n) is 7.56. The van der Waals surface area contributed by atoms with E-state index in [1.165, 1.54) is 12.8 Å². The van der Waals surface area contributed by atoms with Gasteiger partial charge in [0.1, 0.15) is 11.3 Å². The Hall–Kier alpha value is -1.36. The highest BCUT2D eigenvalue weighted by molar-refractivity contribution is 5.96. The van der Waals surface area contributed by atoms with Gasteiger partial charge in [0.2, 0.25) is 0 Å². The number of fused-ring (bicyclic) bond motifs is 1. The molecule has 2 unspecified atom stereocenters. The molecule has 2 aliphatic carbocycles. The molecule has 2 aliphatic rings. The quantitative estimate of drug-likeness (QED) is 0.856. The average molecular weight is 319 g/mol. The van der Waals surface area contributed by atoms with Gasteiger partial charge in [-0.1, -0.05) is 12.1 Å². The van der Waals surface area contributed by atoms with E-state index in [2.05, 4.69) is 24.2 Å². The molecule has 1 aromatic heterocycles. The predicted octanol–water partition coefficient (Wildman–Crippen LogP) is 2.74. The fourth-order valence-corrected chi connectivity index (χ4v) is 4.57. The molecule has 3 rings (SSSR count). The molecule has 0 saturated heterocycles. The lowest BCUT2D eigenvalue weighted by atomic mass is 10.0. The van der Waals surface area contributed by atoms with Crippen molar-refractivity contribution in [3.05, 3.63) is 17.0 Å². The number of nitrogens with zero attached hydrogens (tertiary/aromatic N) is 3. The fraction of sp³-hybridized carbons (Fsp3) is 0.778. The molecular formula is C18H29N3O2. The van der Waals surface area contributed by atoms with Gasteiger partial charge in [-0.2, -0.15) is 0 Å². The first kappa shape index (κ1) is 16.5. The zero-order valence-corrected chi connectivity index (χ0v) is 15.0. The Balaban J connectivity index is 1.67. The summed E-state index contributed by atoms with van der Waals surface area (Å²) in [5.41, 5.74) is 1.46. The molecule has 128 valence electrons. The van der Waals surface area contributed by atoms with E-state index in [9.17, 15) is 4.79 Å². The van der Waals surface area contributed by atoms with E-state index in [1.807, 2.05) is 25.8 Å². The molecule has 4 atom stereocenters. The Morgan fingerprint density at radius 2 is 1.70 bits per heavy atom. The summed E-state index contributed by atoms with van der Waals surface area (Å²) in [4.78, 5) is 17.2. The molecule has 1 aromatic rings. The van der Waals surface area contributed by atoms with Crippen molar-refractivity contribution >= 4 is 5.91 Å². The molecule has 5 heteroatoms. The monoisotopic (exact) mass is 319 g/mol. The lowest BCUT2D eigenvalue weighted by Crippen LogP contribution is -2.37. The molecule has 1 heterocycles. The number of amides is 1. The first-order valence-electron chi connectivity index (χ1n) is 8.81. The van der Waals surface area contributed by atoms with Crippen molar-refractivity contribution < 1.29 is 9.32 Å². The van der Waals surface area contributed by atoms with Crippen molar-refractivity contribution in [1.29, 1.82) is 0 Å². The maximum atomic E-state index is 12.9. The molecule has 2 saturated carbocycles. The van der Waals surface area contributed by atoms with Gasteiger partial charge in [-0.3, -0.25) is 4.79 Å². The number of aromatic nitrogens is 1. The van der Waals surface area contributed by atoms with Crippen molar-refractivity contribution in [1.82, 2.24) is 15.0 Å². The van der Waals surface area contributed by atoms with Crippen LogP contribution in [-0.4, -0.2) is 54.1 Å². The molecule has 5 nitrogen and oxygen atoms in total. The molecule has 2 fully saturated rings. The van der Waals surface area contributed by atoms with Gasteiger partial charge in [0.15, 0.2) is 0 Å². The van der Waals surface area contributed by atoms with E-state index in [0.29, 0.717) is 17.4 Å². The summed E-state index contributed by atoms with van der Waals surface area (Å²) in [6.45, 7) is 3.84. The van der Waals surface area contributed by atoms with Gasteiger partial charge in [-0.15, -0.1) is 0 Å². The van der Waals surface area contributed by atoms with Crippen molar-refractivity contribution in [2.45, 2.75) is 58.0 Å². The highest BCUT2D eigenvalue weighted by Gasteiger charge is 2.44. The van der Waals surface area contributed by atoms with Gasteiger partial charge in [-0.25, -0.2) is 0 Å². The van der Waals surface area contributed by atoms with Crippen LogP contribution in [0.15, 0.2) is 4.52 Å². The van der Waals surface area contributed by atoms with Crippen molar-refractivity contribution in [3.8, 4) is 0 Å². The van der Waals surface area contributed by atoms with Crippen LogP contribution in [0.5, 0.6) is 0 Å². The minimum absolute atomic E-state index is 0.0785. The second kappa shape index (κ2) is 6.27. The highest BCUT2D eigenvalue weighted by atomic mass is 16.5. The Bertz CT molecular complexity index is 567. The standard InChI is InChI=1S/C18H29N3O2/c1-6-16-17(11(2)23-19-16)18(22)21(5)15-9-12-7-14(20(3)4)8-13(12)10-15/h12-15H,6-10H2,1-5H3/t12-,13+,14?,15?. The molecule has 0 N–H and O–H groups in total. The zero-order chi connectivity index (χ0) is 16.7. The van der Waals surface area contributed by atoms with Gasteiger partial charge in [-0.05, 0) is 65.0 Å². The van der Waals surface area contributed by atoms with Crippen LogP contribution >= 0.6 is 0 Å². The molecule has 23 heavy (non-hydrogen) atoms. The van der Waals surface area contributed by atoms with Crippen molar-refractivity contribution in [2.75, 3.05) is 21.1 Å². The third-order valence-corrected chi connectivity index (χ3v) is 6.05. The lowest BCUT2D eigenvalue weighted by molar-refractivity contribution is 0.0723. The minimum Gasteiger partial charge on any atom is -0.361 e. The van der Waals surface area contributed by atoms with Gasteiger partial charge in [0.05, 0.1) is 5.69 Å². The summed E-state index contributed by atoms with van der Waals surface area (Å²) in [5, 5.41) is 4.02. The zero-order valence-electron chi connectivity index (χ0n) is 15.0. The number of rotatable bonds is 4. The van der Waals surface area contributed by atoms with Crippen LogP contribution < -0.4 is 0 Å². The summed E-state index contributed by atoms with van der Waals surface area (Å²) in [6.07, 6.45) is 5.57. The number of hydrogen-bond donors (Lipinski definition) is 0. The van der Waals surface area contributed by atoms with Crippen LogP contribution in [0.25, 0.3) is 0 Å². The Labute approximate surface area is 139 Å². The molecule has 0 spiro atoms. The number of carbonyl (C=O) groups excluding carboxylic acids is 1. The summed E-state index contributed by atoms with van der Waals surface area (Å²) in [5.74, 6) is 2.27. The van der Waals surface area contributed by atoms with E-state index < -0.39 is 0 Å². The van der Waals surface area contributed by atoms with Gasteiger partial charge in [0.25, 0.3) is 5.91 Å². The van der Waals surface area contributed by atoms with E-state index in [0.717, 1.165) is 42.8 Å². The van der Waals surface area contributed by atoms with Crippen LogP contribution in [0.1, 0.15) is 54.4 Å². The Kier molecular flexibility index (Phi) is 4.50. The van der Waals surface area contributed by atoms with Crippen LogP contribution in [0.3, 0.4) is 0 Å². The number of hydrogen-bond acceptors (Lipinski definition) is 4. The fourth-order valence-electron chi connectivity index (χ4n) is 4.57. The van der Waals surface area contributed by atoms with Crippen LogP contribution in [-0.2, 0) is 6.42 Å². The number of carbonyl (C=O) groups is 1. The van der Waals surface area contributed by atoms with E-state index in [1.54, 1.807) is 0 Å². The first-order valence-corrected chi connectivity index (χ1v) is 8.81. The van der Waals surface area contributed by atoms with E-state index in [-0.39, 0.29) is 5.91 Å². The maximum Gasteiger partial charge on any atom is 0.259 e. The largest absolute Gasteiger partial charge is 0.361 e.